The van der Waals surface area contributed by atoms with E-state index in [1.54, 1.807) is 19.1 Å². The van der Waals surface area contributed by atoms with Gasteiger partial charge in [-0.15, -0.1) is 0 Å². The SMILES string of the molecule is COC(=O)c1c(C)cc(O)cc1C[Se]c1ccccc1.COC(=O)c1c(C)cc(OC(F)F)cc1C[Se]c1ccccc1. The molecular formula is C33H32F2O6Se2. The van der Waals surface area contributed by atoms with Gasteiger partial charge in [0.25, 0.3) is 0 Å². The summed E-state index contributed by atoms with van der Waals surface area (Å²) in [6.07, 6.45) is 0. The number of rotatable bonds is 10. The van der Waals surface area contributed by atoms with Gasteiger partial charge in [0.1, 0.15) is 0 Å². The first-order chi connectivity index (χ1) is 20.6. The van der Waals surface area contributed by atoms with Gasteiger partial charge in [-0.1, -0.05) is 0 Å². The average Bonchev–Trinajstić information content (AvgIpc) is 2.99. The molecule has 0 bridgehead atoms. The molecule has 43 heavy (non-hydrogen) atoms. The predicted molar refractivity (Wildman–Crippen MR) is 164 cm³/mol. The van der Waals surface area contributed by atoms with E-state index in [9.17, 15) is 23.5 Å². The Morgan fingerprint density at radius 3 is 1.60 bits per heavy atom. The van der Waals surface area contributed by atoms with Crippen LogP contribution in [0, 0.1) is 13.8 Å². The molecule has 0 aliphatic carbocycles. The van der Waals surface area contributed by atoms with Gasteiger partial charge in [0.2, 0.25) is 0 Å². The second kappa shape index (κ2) is 16.8. The minimum absolute atomic E-state index is 0.0593. The van der Waals surface area contributed by atoms with Crippen LogP contribution in [0.15, 0.2) is 84.9 Å². The van der Waals surface area contributed by atoms with Gasteiger partial charge in [-0.3, -0.25) is 0 Å². The van der Waals surface area contributed by atoms with E-state index in [1.165, 1.54) is 30.8 Å². The Bertz CT molecular complexity index is 1520. The number of hydrogen-bond acceptors (Lipinski definition) is 6. The Morgan fingerprint density at radius 2 is 1.16 bits per heavy atom. The van der Waals surface area contributed by atoms with Gasteiger partial charge in [-0.05, 0) is 0 Å². The molecule has 0 spiro atoms. The fourth-order valence-electron chi connectivity index (χ4n) is 4.21. The number of methoxy groups -OCH3 is 2. The van der Waals surface area contributed by atoms with Crippen molar-refractivity contribution < 1.29 is 37.7 Å². The van der Waals surface area contributed by atoms with Gasteiger partial charge in [0, 0.05) is 0 Å². The number of carbonyl (C=O) groups is 2. The summed E-state index contributed by atoms with van der Waals surface area (Å²) in [5, 5.41) is 11.1. The van der Waals surface area contributed by atoms with Gasteiger partial charge < -0.3 is 0 Å². The summed E-state index contributed by atoms with van der Waals surface area (Å²) in [5.41, 5.74) is 3.81. The average molecular weight is 721 g/mol. The van der Waals surface area contributed by atoms with E-state index in [0.29, 0.717) is 27.6 Å². The van der Waals surface area contributed by atoms with E-state index in [-0.39, 0.29) is 47.4 Å². The van der Waals surface area contributed by atoms with Crippen molar-refractivity contribution in [2.75, 3.05) is 14.2 Å². The van der Waals surface area contributed by atoms with Crippen LogP contribution in [0.5, 0.6) is 11.5 Å². The van der Waals surface area contributed by atoms with Crippen LogP contribution in [0.2, 0.25) is 0 Å². The standard InChI is InChI=1S/C17H16F2O3Se.C16H16O3Se/c1-11-8-13(22-17(18)19)9-12(15(11)16(20)21-2)10-23-14-6-4-3-5-7-14;1-11-8-13(17)9-12(15(11)16(18)19-2)10-20-14-6-4-3-5-7-14/h3-9,17H,10H2,1-2H3;3-9,17H,10H2,1-2H3. The van der Waals surface area contributed by atoms with Crippen LogP contribution in [0.3, 0.4) is 0 Å². The number of carbonyl (C=O) groups excluding carboxylic acids is 2. The molecule has 0 aliphatic heterocycles. The van der Waals surface area contributed by atoms with Crippen molar-refractivity contribution in [3.8, 4) is 11.5 Å². The van der Waals surface area contributed by atoms with E-state index in [4.69, 9.17) is 9.47 Å². The van der Waals surface area contributed by atoms with Crippen molar-refractivity contribution in [2.24, 2.45) is 0 Å². The molecule has 0 atom stereocenters. The van der Waals surface area contributed by atoms with Gasteiger partial charge in [0.05, 0.1) is 0 Å². The normalized spacial score (nSPS) is 10.5. The second-order valence-corrected chi connectivity index (χ2v) is 13.5. The number of alkyl halides is 2. The Kier molecular flexibility index (Phi) is 13.2. The fraction of sp³-hybridized carbons (Fsp3) is 0.212. The first-order valence-electron chi connectivity index (χ1n) is 13.1. The second-order valence-electron chi connectivity index (χ2n) is 9.14. The first kappa shape index (κ1) is 33.8. The molecule has 0 radical (unpaired) electrons. The molecule has 10 heteroatoms. The van der Waals surface area contributed by atoms with E-state index >= 15 is 0 Å². The third-order valence-corrected chi connectivity index (χ3v) is 10.5. The van der Waals surface area contributed by atoms with Gasteiger partial charge in [-0.2, -0.15) is 0 Å². The number of aromatic hydroxyl groups is 1. The fourth-order valence-corrected chi connectivity index (χ4v) is 7.98. The van der Waals surface area contributed by atoms with Gasteiger partial charge in [-0.25, -0.2) is 0 Å². The number of esters is 2. The van der Waals surface area contributed by atoms with E-state index in [0.717, 1.165) is 20.9 Å². The molecular weight excluding hydrogens is 688 g/mol. The van der Waals surface area contributed by atoms with Crippen LogP contribution >= 0.6 is 0 Å². The number of halogens is 2. The zero-order valence-corrected chi connectivity index (χ0v) is 27.6. The van der Waals surface area contributed by atoms with Gasteiger partial charge >= 0.3 is 264 Å². The topological polar surface area (TPSA) is 82.1 Å². The molecule has 0 saturated carbocycles. The van der Waals surface area contributed by atoms with Crippen molar-refractivity contribution in [2.45, 2.75) is 31.1 Å². The summed E-state index contributed by atoms with van der Waals surface area (Å²) >= 11 is 0.282. The zero-order valence-electron chi connectivity index (χ0n) is 24.1. The van der Waals surface area contributed by atoms with Crippen LogP contribution < -0.4 is 13.7 Å². The van der Waals surface area contributed by atoms with Gasteiger partial charge in [0.15, 0.2) is 0 Å². The molecule has 0 aliphatic rings. The number of hydrogen-bond donors (Lipinski definition) is 1. The predicted octanol–water partition coefficient (Wildman–Crippen LogP) is 4.93. The summed E-state index contributed by atoms with van der Waals surface area (Å²) in [5.74, 6) is -0.565. The molecule has 0 fully saturated rings. The first-order valence-corrected chi connectivity index (χ1v) is 17.2. The molecule has 1 N–H and O–H groups in total. The molecule has 0 unspecified atom stereocenters. The third-order valence-electron chi connectivity index (χ3n) is 6.07. The van der Waals surface area contributed by atoms with Crippen molar-refractivity contribution in [1.82, 2.24) is 0 Å². The quantitative estimate of drug-likeness (QED) is 0.185. The molecule has 4 rings (SSSR count). The van der Waals surface area contributed by atoms with Crippen LogP contribution in [-0.2, 0) is 20.1 Å². The number of phenolic OH excluding ortho intramolecular Hbond substituents is 1. The molecule has 4 aromatic rings. The molecule has 6 nitrogen and oxygen atoms in total. The third kappa shape index (κ3) is 10.2. The Labute approximate surface area is 262 Å². The van der Waals surface area contributed by atoms with Crippen LogP contribution in [-0.4, -0.2) is 67.8 Å². The Morgan fingerprint density at radius 1 is 0.721 bits per heavy atom. The van der Waals surface area contributed by atoms with E-state index in [2.05, 4.69) is 16.9 Å². The molecule has 0 aromatic heterocycles. The maximum absolute atomic E-state index is 12.5. The maximum atomic E-state index is 12.5. The monoisotopic (exact) mass is 722 g/mol. The van der Waals surface area contributed by atoms with Crippen molar-refractivity contribution in [3.05, 3.63) is 118 Å². The van der Waals surface area contributed by atoms with E-state index < -0.39 is 12.6 Å². The molecule has 226 valence electrons. The summed E-state index contributed by atoms with van der Waals surface area (Å²) in [7, 11) is 2.68. The van der Waals surface area contributed by atoms with Crippen molar-refractivity contribution in [3.63, 3.8) is 0 Å². The number of aryl methyl sites for hydroxylation is 2. The number of benzene rings is 4. The van der Waals surface area contributed by atoms with Crippen LogP contribution in [0.25, 0.3) is 0 Å². The van der Waals surface area contributed by atoms with Crippen LogP contribution in [0.1, 0.15) is 43.0 Å². The zero-order chi connectivity index (χ0) is 31.4. The molecule has 0 heterocycles. The van der Waals surface area contributed by atoms with Crippen molar-refractivity contribution >= 4 is 50.8 Å². The minimum atomic E-state index is -2.90. The Hall–Kier alpha value is -3.68. The number of ether oxygens (including phenoxy) is 3. The van der Waals surface area contributed by atoms with Crippen LogP contribution in [0.4, 0.5) is 8.78 Å². The summed E-state index contributed by atoms with van der Waals surface area (Å²) < 4.78 is 41.4. The molecule has 4 aromatic carbocycles. The number of phenols is 1. The van der Waals surface area contributed by atoms with E-state index in [1.807, 2.05) is 55.5 Å². The summed E-state index contributed by atoms with van der Waals surface area (Å²) in [6, 6.07) is 26.1. The summed E-state index contributed by atoms with van der Waals surface area (Å²) in [6.45, 7) is 0.597. The molecule has 0 amide bonds. The Balaban J connectivity index is 0.000000238. The summed E-state index contributed by atoms with van der Waals surface area (Å²) in [4.78, 5) is 23.9. The van der Waals surface area contributed by atoms with Crippen molar-refractivity contribution in [1.29, 1.82) is 0 Å². The molecule has 0 saturated heterocycles.